The van der Waals surface area contributed by atoms with Gasteiger partial charge in [-0.1, -0.05) is 12.1 Å². The molecule has 0 aromatic heterocycles. The fourth-order valence-corrected chi connectivity index (χ4v) is 4.19. The molecular formula is C14H22N2O2S. The van der Waals surface area contributed by atoms with E-state index < -0.39 is 10.0 Å². The summed E-state index contributed by atoms with van der Waals surface area (Å²) in [4.78, 5) is 0. The number of anilines is 1. The van der Waals surface area contributed by atoms with Crippen molar-refractivity contribution >= 4 is 15.7 Å². The molecule has 1 aliphatic carbocycles. The monoisotopic (exact) mass is 282 g/mol. The Morgan fingerprint density at radius 2 is 1.84 bits per heavy atom. The van der Waals surface area contributed by atoms with Gasteiger partial charge in [-0.3, -0.25) is 0 Å². The molecule has 106 valence electrons. The van der Waals surface area contributed by atoms with Gasteiger partial charge in [-0.2, -0.15) is 4.31 Å². The molecule has 1 saturated carbocycles. The Kier molecular flexibility index (Phi) is 4.16. The molecule has 0 heterocycles. The summed E-state index contributed by atoms with van der Waals surface area (Å²) >= 11 is 0. The number of hydrogen-bond donors (Lipinski definition) is 1. The Labute approximate surface area is 115 Å². The third kappa shape index (κ3) is 3.94. The minimum absolute atomic E-state index is 0.0266. The molecule has 4 nitrogen and oxygen atoms in total. The van der Waals surface area contributed by atoms with Gasteiger partial charge in [0, 0.05) is 18.3 Å². The number of nitrogens with two attached hydrogens (primary N) is 1. The number of rotatable bonds is 6. The van der Waals surface area contributed by atoms with Crippen molar-refractivity contribution in [3.05, 3.63) is 29.8 Å². The first kappa shape index (κ1) is 14.3. The first-order chi connectivity index (χ1) is 8.88. The maximum atomic E-state index is 12.4. The fraction of sp³-hybridized carbons (Fsp3) is 0.571. The van der Waals surface area contributed by atoms with E-state index in [2.05, 4.69) is 0 Å². The Bertz CT molecular complexity index is 519. The molecule has 0 aliphatic heterocycles. The molecule has 1 aromatic rings. The van der Waals surface area contributed by atoms with Crippen molar-refractivity contribution in [1.82, 2.24) is 4.31 Å². The van der Waals surface area contributed by atoms with Crippen molar-refractivity contribution in [3.8, 4) is 0 Å². The summed E-state index contributed by atoms with van der Waals surface area (Å²) in [5, 5.41) is 0. The molecule has 0 amide bonds. The van der Waals surface area contributed by atoms with Crippen LogP contribution in [0.2, 0.25) is 0 Å². The lowest BCUT2D eigenvalue weighted by Crippen LogP contribution is -2.38. The van der Waals surface area contributed by atoms with Gasteiger partial charge >= 0.3 is 0 Å². The molecule has 0 saturated heterocycles. The number of hydrogen-bond acceptors (Lipinski definition) is 3. The number of nitrogens with zero attached hydrogens (tertiary/aromatic N) is 1. The van der Waals surface area contributed by atoms with Gasteiger partial charge in [0.25, 0.3) is 0 Å². The van der Waals surface area contributed by atoms with Crippen molar-refractivity contribution in [2.24, 2.45) is 5.92 Å². The van der Waals surface area contributed by atoms with Crippen LogP contribution in [-0.2, 0) is 16.6 Å². The predicted molar refractivity (Wildman–Crippen MR) is 78.0 cm³/mol. The average molecular weight is 282 g/mol. The van der Waals surface area contributed by atoms with Gasteiger partial charge in [-0.25, -0.2) is 8.42 Å². The molecule has 5 heteroatoms. The van der Waals surface area contributed by atoms with Crippen LogP contribution in [0, 0.1) is 5.92 Å². The van der Waals surface area contributed by atoms with E-state index in [1.165, 1.54) is 0 Å². The molecule has 2 rings (SSSR count). The van der Waals surface area contributed by atoms with E-state index in [0.717, 1.165) is 18.4 Å². The van der Waals surface area contributed by atoms with Crippen molar-refractivity contribution in [2.75, 3.05) is 11.5 Å². The topological polar surface area (TPSA) is 63.4 Å². The van der Waals surface area contributed by atoms with Gasteiger partial charge in [0.2, 0.25) is 10.0 Å². The largest absolute Gasteiger partial charge is 0.399 e. The standard InChI is InChI=1S/C14H22N2O2S/c1-11(2)16(19(17,18)10-13-3-4-13)9-12-5-7-14(15)8-6-12/h5-8,11,13H,3-4,9-10,15H2,1-2H3. The first-order valence-corrected chi connectivity index (χ1v) is 8.33. The summed E-state index contributed by atoms with van der Waals surface area (Å²) in [5.41, 5.74) is 7.31. The lowest BCUT2D eigenvalue weighted by molar-refractivity contribution is 0.347. The Morgan fingerprint density at radius 3 is 2.32 bits per heavy atom. The summed E-state index contributed by atoms with van der Waals surface area (Å²) in [7, 11) is -3.16. The van der Waals surface area contributed by atoms with Crippen LogP contribution in [0.25, 0.3) is 0 Å². The third-order valence-corrected chi connectivity index (χ3v) is 5.55. The zero-order chi connectivity index (χ0) is 14.0. The number of benzene rings is 1. The Morgan fingerprint density at radius 1 is 1.26 bits per heavy atom. The van der Waals surface area contributed by atoms with Crippen LogP contribution in [0.1, 0.15) is 32.3 Å². The predicted octanol–water partition coefficient (Wildman–Crippen LogP) is 2.22. The molecule has 19 heavy (non-hydrogen) atoms. The van der Waals surface area contributed by atoms with Gasteiger partial charge < -0.3 is 5.73 Å². The van der Waals surface area contributed by atoms with Crippen molar-refractivity contribution in [1.29, 1.82) is 0 Å². The van der Waals surface area contributed by atoms with E-state index in [1.54, 1.807) is 16.4 Å². The molecule has 1 fully saturated rings. The highest BCUT2D eigenvalue weighted by Gasteiger charge is 2.33. The molecule has 0 radical (unpaired) electrons. The maximum Gasteiger partial charge on any atom is 0.214 e. The van der Waals surface area contributed by atoms with Crippen molar-refractivity contribution < 1.29 is 8.42 Å². The van der Waals surface area contributed by atoms with E-state index in [4.69, 9.17) is 5.73 Å². The minimum Gasteiger partial charge on any atom is -0.399 e. The summed E-state index contributed by atoms with van der Waals surface area (Å²) in [6.45, 7) is 4.26. The minimum atomic E-state index is -3.16. The highest BCUT2D eigenvalue weighted by atomic mass is 32.2. The molecule has 0 unspecified atom stereocenters. The van der Waals surface area contributed by atoms with Crippen LogP contribution in [0.5, 0.6) is 0 Å². The molecule has 0 bridgehead atoms. The summed E-state index contributed by atoms with van der Waals surface area (Å²) in [5.74, 6) is 0.665. The zero-order valence-electron chi connectivity index (χ0n) is 11.5. The zero-order valence-corrected chi connectivity index (χ0v) is 12.4. The second-order valence-corrected chi connectivity index (χ2v) is 7.57. The van der Waals surface area contributed by atoms with Crippen LogP contribution in [0.15, 0.2) is 24.3 Å². The quantitative estimate of drug-likeness (QED) is 0.814. The van der Waals surface area contributed by atoms with Gasteiger partial charge in [0.1, 0.15) is 0 Å². The first-order valence-electron chi connectivity index (χ1n) is 6.72. The lowest BCUT2D eigenvalue weighted by atomic mass is 10.2. The maximum absolute atomic E-state index is 12.4. The average Bonchev–Trinajstić information content (AvgIpc) is 3.10. The third-order valence-electron chi connectivity index (χ3n) is 3.39. The molecule has 2 N–H and O–H groups in total. The van der Waals surface area contributed by atoms with Crippen LogP contribution < -0.4 is 5.73 Å². The fourth-order valence-electron chi connectivity index (χ4n) is 2.08. The highest BCUT2D eigenvalue weighted by molar-refractivity contribution is 7.89. The Balaban J connectivity index is 2.13. The second-order valence-electron chi connectivity index (χ2n) is 5.60. The normalized spacial score (nSPS) is 16.2. The van der Waals surface area contributed by atoms with Gasteiger partial charge in [-0.15, -0.1) is 0 Å². The van der Waals surface area contributed by atoms with E-state index >= 15 is 0 Å². The summed E-state index contributed by atoms with van der Waals surface area (Å²) in [6.07, 6.45) is 2.10. The molecule has 0 atom stereocenters. The highest BCUT2D eigenvalue weighted by Crippen LogP contribution is 2.32. The molecular weight excluding hydrogens is 260 g/mol. The van der Waals surface area contributed by atoms with Crippen LogP contribution in [0.3, 0.4) is 0 Å². The van der Waals surface area contributed by atoms with E-state index in [9.17, 15) is 8.42 Å². The van der Waals surface area contributed by atoms with Gasteiger partial charge in [0.15, 0.2) is 0 Å². The number of nitrogen functional groups attached to an aromatic ring is 1. The molecule has 1 aromatic carbocycles. The van der Waals surface area contributed by atoms with Gasteiger partial charge in [-0.05, 0) is 50.3 Å². The van der Waals surface area contributed by atoms with Crippen molar-refractivity contribution in [2.45, 2.75) is 39.3 Å². The molecule has 1 aliphatic rings. The SMILES string of the molecule is CC(C)N(Cc1ccc(N)cc1)S(=O)(=O)CC1CC1. The molecule has 0 spiro atoms. The van der Waals surface area contributed by atoms with E-state index in [1.807, 2.05) is 26.0 Å². The smallest absolute Gasteiger partial charge is 0.214 e. The van der Waals surface area contributed by atoms with Crippen LogP contribution in [0.4, 0.5) is 5.69 Å². The number of sulfonamides is 1. The second kappa shape index (κ2) is 5.51. The Hall–Kier alpha value is -1.07. The van der Waals surface area contributed by atoms with Gasteiger partial charge in [0.05, 0.1) is 5.75 Å². The van der Waals surface area contributed by atoms with E-state index in [-0.39, 0.29) is 6.04 Å². The lowest BCUT2D eigenvalue weighted by Gasteiger charge is -2.26. The van der Waals surface area contributed by atoms with Crippen LogP contribution in [-0.4, -0.2) is 24.5 Å². The van der Waals surface area contributed by atoms with Crippen LogP contribution >= 0.6 is 0 Å². The summed E-state index contributed by atoms with van der Waals surface area (Å²) in [6, 6.07) is 7.36. The van der Waals surface area contributed by atoms with E-state index in [0.29, 0.717) is 23.9 Å². The van der Waals surface area contributed by atoms with Crippen molar-refractivity contribution in [3.63, 3.8) is 0 Å². The summed E-state index contributed by atoms with van der Waals surface area (Å²) < 4.78 is 26.4.